The van der Waals surface area contributed by atoms with Crippen molar-refractivity contribution in [2.45, 2.75) is 20.4 Å². The highest BCUT2D eigenvalue weighted by Gasteiger charge is 2.12. The topological polar surface area (TPSA) is 55.1 Å². The summed E-state index contributed by atoms with van der Waals surface area (Å²) in [5.41, 5.74) is 3.25. The summed E-state index contributed by atoms with van der Waals surface area (Å²) in [6, 6.07) is 8.10. The number of aromatic nitrogens is 2. The molecule has 1 heterocycles. The van der Waals surface area contributed by atoms with Gasteiger partial charge in [0.25, 0.3) is 0 Å². The molecule has 0 aliphatic rings. The largest absolute Gasteiger partial charge is 0.478 e. The first-order valence-corrected chi connectivity index (χ1v) is 5.39. The molecule has 0 bridgehead atoms. The zero-order valence-corrected chi connectivity index (χ0v) is 9.84. The minimum Gasteiger partial charge on any atom is -0.478 e. The summed E-state index contributed by atoms with van der Waals surface area (Å²) >= 11 is 0. The monoisotopic (exact) mass is 230 g/mol. The van der Waals surface area contributed by atoms with Crippen molar-refractivity contribution < 1.29 is 9.90 Å². The third-order valence-corrected chi connectivity index (χ3v) is 2.75. The zero-order valence-electron chi connectivity index (χ0n) is 9.84. The van der Waals surface area contributed by atoms with Crippen LogP contribution in [-0.4, -0.2) is 20.9 Å². The molecule has 0 saturated heterocycles. The van der Waals surface area contributed by atoms with Crippen LogP contribution < -0.4 is 0 Å². The fourth-order valence-corrected chi connectivity index (χ4v) is 1.80. The normalized spacial score (nSPS) is 10.5. The van der Waals surface area contributed by atoms with Gasteiger partial charge in [-0.15, -0.1) is 0 Å². The number of carboxylic acids is 1. The number of benzene rings is 1. The number of rotatable bonds is 3. The lowest BCUT2D eigenvalue weighted by Crippen LogP contribution is -2.05. The zero-order chi connectivity index (χ0) is 12.4. The molecule has 0 saturated carbocycles. The molecule has 0 radical (unpaired) electrons. The second-order valence-corrected chi connectivity index (χ2v) is 4.10. The predicted molar refractivity (Wildman–Crippen MR) is 64.2 cm³/mol. The van der Waals surface area contributed by atoms with E-state index in [0.717, 1.165) is 5.56 Å². The molecule has 2 rings (SSSR count). The van der Waals surface area contributed by atoms with Crippen molar-refractivity contribution in [1.29, 1.82) is 0 Å². The molecule has 17 heavy (non-hydrogen) atoms. The SMILES string of the molecule is Cc1cccc(Cn2ncc(C(=O)O)c2C)c1. The fourth-order valence-electron chi connectivity index (χ4n) is 1.80. The second kappa shape index (κ2) is 4.41. The van der Waals surface area contributed by atoms with Crippen molar-refractivity contribution in [1.82, 2.24) is 9.78 Å². The Kier molecular flexibility index (Phi) is 2.95. The number of hydrogen-bond donors (Lipinski definition) is 1. The third kappa shape index (κ3) is 2.36. The number of carbonyl (C=O) groups is 1. The quantitative estimate of drug-likeness (QED) is 0.879. The molecule has 0 unspecified atom stereocenters. The number of aryl methyl sites for hydroxylation is 1. The Labute approximate surface area is 99.5 Å². The summed E-state index contributed by atoms with van der Waals surface area (Å²) in [6.07, 6.45) is 1.40. The van der Waals surface area contributed by atoms with Gasteiger partial charge < -0.3 is 5.11 Å². The van der Waals surface area contributed by atoms with Gasteiger partial charge in [0.05, 0.1) is 18.4 Å². The van der Waals surface area contributed by atoms with E-state index in [1.54, 1.807) is 11.6 Å². The summed E-state index contributed by atoms with van der Waals surface area (Å²) in [5, 5.41) is 13.0. The Hall–Kier alpha value is -2.10. The average molecular weight is 230 g/mol. The number of aromatic carboxylic acids is 1. The van der Waals surface area contributed by atoms with Crippen LogP contribution in [0.1, 0.15) is 27.2 Å². The van der Waals surface area contributed by atoms with Crippen molar-refractivity contribution in [2.75, 3.05) is 0 Å². The maximum Gasteiger partial charge on any atom is 0.339 e. The molecule has 4 heteroatoms. The maximum absolute atomic E-state index is 10.9. The van der Waals surface area contributed by atoms with E-state index in [2.05, 4.69) is 11.2 Å². The van der Waals surface area contributed by atoms with Crippen LogP contribution in [0.15, 0.2) is 30.5 Å². The first-order valence-electron chi connectivity index (χ1n) is 5.39. The van der Waals surface area contributed by atoms with Crippen molar-refractivity contribution in [3.8, 4) is 0 Å². The van der Waals surface area contributed by atoms with Gasteiger partial charge in [0, 0.05) is 0 Å². The van der Waals surface area contributed by atoms with Crippen molar-refractivity contribution in [3.63, 3.8) is 0 Å². The highest BCUT2D eigenvalue weighted by Crippen LogP contribution is 2.11. The molecule has 1 aromatic heterocycles. The molecule has 4 nitrogen and oxygen atoms in total. The van der Waals surface area contributed by atoms with E-state index in [0.29, 0.717) is 12.2 Å². The first kappa shape index (κ1) is 11.4. The molecule has 0 fully saturated rings. The van der Waals surface area contributed by atoms with Crippen molar-refractivity contribution in [2.24, 2.45) is 0 Å². The molecule has 2 aromatic rings. The predicted octanol–water partition coefficient (Wildman–Crippen LogP) is 2.25. The smallest absolute Gasteiger partial charge is 0.339 e. The summed E-state index contributed by atoms with van der Waals surface area (Å²) in [6.45, 7) is 4.40. The van der Waals surface area contributed by atoms with Gasteiger partial charge in [-0.2, -0.15) is 5.10 Å². The molecule has 1 aromatic carbocycles. The van der Waals surface area contributed by atoms with Gasteiger partial charge in [0.15, 0.2) is 0 Å². The van der Waals surface area contributed by atoms with Crippen LogP contribution >= 0.6 is 0 Å². The molecule has 1 N–H and O–H groups in total. The van der Waals surface area contributed by atoms with E-state index < -0.39 is 5.97 Å². The van der Waals surface area contributed by atoms with Crippen LogP contribution in [-0.2, 0) is 6.54 Å². The Morgan fingerprint density at radius 3 is 2.76 bits per heavy atom. The average Bonchev–Trinajstić information content (AvgIpc) is 2.61. The molecule has 0 atom stereocenters. The summed E-state index contributed by atoms with van der Waals surface area (Å²) in [7, 11) is 0. The minimum absolute atomic E-state index is 0.262. The summed E-state index contributed by atoms with van der Waals surface area (Å²) < 4.78 is 1.71. The third-order valence-electron chi connectivity index (χ3n) is 2.75. The van der Waals surface area contributed by atoms with Crippen LogP contribution in [0.3, 0.4) is 0 Å². The van der Waals surface area contributed by atoms with E-state index in [1.807, 2.05) is 25.1 Å². The van der Waals surface area contributed by atoms with Gasteiger partial charge in [0.2, 0.25) is 0 Å². The van der Waals surface area contributed by atoms with Gasteiger partial charge in [-0.3, -0.25) is 4.68 Å². The van der Waals surface area contributed by atoms with Gasteiger partial charge in [-0.25, -0.2) is 4.79 Å². The van der Waals surface area contributed by atoms with E-state index in [4.69, 9.17) is 5.11 Å². The molecule has 88 valence electrons. The summed E-state index contributed by atoms with van der Waals surface area (Å²) in [4.78, 5) is 10.9. The molecular weight excluding hydrogens is 216 g/mol. The van der Waals surface area contributed by atoms with E-state index >= 15 is 0 Å². The Morgan fingerprint density at radius 2 is 2.18 bits per heavy atom. The van der Waals surface area contributed by atoms with Crippen LogP contribution in [0.5, 0.6) is 0 Å². The van der Waals surface area contributed by atoms with Crippen LogP contribution in [0, 0.1) is 13.8 Å². The van der Waals surface area contributed by atoms with Gasteiger partial charge >= 0.3 is 5.97 Å². The summed E-state index contributed by atoms with van der Waals surface area (Å²) in [5.74, 6) is -0.932. The van der Waals surface area contributed by atoms with Gasteiger partial charge in [-0.1, -0.05) is 29.8 Å². The Morgan fingerprint density at radius 1 is 1.41 bits per heavy atom. The van der Waals surface area contributed by atoms with Crippen LogP contribution in [0.25, 0.3) is 0 Å². The fraction of sp³-hybridized carbons (Fsp3) is 0.231. The Balaban J connectivity index is 2.28. The number of hydrogen-bond acceptors (Lipinski definition) is 2. The van der Waals surface area contributed by atoms with Crippen molar-refractivity contribution in [3.05, 3.63) is 52.8 Å². The molecule has 0 amide bonds. The van der Waals surface area contributed by atoms with E-state index in [9.17, 15) is 4.79 Å². The molecule has 0 aliphatic heterocycles. The lowest BCUT2D eigenvalue weighted by Gasteiger charge is -2.05. The lowest BCUT2D eigenvalue weighted by molar-refractivity contribution is 0.0696. The van der Waals surface area contributed by atoms with Crippen LogP contribution in [0.4, 0.5) is 0 Å². The Bertz CT molecular complexity index is 558. The van der Waals surface area contributed by atoms with Gasteiger partial charge in [-0.05, 0) is 19.4 Å². The number of carboxylic acid groups (broad SMARTS) is 1. The van der Waals surface area contributed by atoms with Crippen LogP contribution in [0.2, 0.25) is 0 Å². The lowest BCUT2D eigenvalue weighted by atomic mass is 10.1. The molecule has 0 spiro atoms. The van der Waals surface area contributed by atoms with E-state index in [-0.39, 0.29) is 5.56 Å². The standard InChI is InChI=1S/C13H14N2O2/c1-9-4-3-5-11(6-9)8-15-10(2)12(7-14-15)13(16)17/h3-7H,8H2,1-2H3,(H,16,17). The highest BCUT2D eigenvalue weighted by atomic mass is 16.4. The first-order chi connectivity index (χ1) is 8.08. The maximum atomic E-state index is 10.9. The number of nitrogens with zero attached hydrogens (tertiary/aromatic N) is 2. The van der Waals surface area contributed by atoms with Crippen molar-refractivity contribution >= 4 is 5.97 Å². The highest BCUT2D eigenvalue weighted by molar-refractivity contribution is 5.88. The molecular formula is C13H14N2O2. The minimum atomic E-state index is -0.932. The molecule has 0 aliphatic carbocycles. The second-order valence-electron chi connectivity index (χ2n) is 4.10. The van der Waals surface area contributed by atoms with Gasteiger partial charge in [0.1, 0.15) is 5.56 Å². The van der Waals surface area contributed by atoms with E-state index in [1.165, 1.54) is 11.8 Å².